The lowest BCUT2D eigenvalue weighted by molar-refractivity contribution is -0.116. The van der Waals surface area contributed by atoms with Crippen molar-refractivity contribution in [2.24, 2.45) is 0 Å². The lowest BCUT2D eigenvalue weighted by atomic mass is 9.97. The van der Waals surface area contributed by atoms with Gasteiger partial charge in [-0.3, -0.25) is 9.69 Å². The second-order valence-corrected chi connectivity index (χ2v) is 7.42. The van der Waals surface area contributed by atoms with Crippen LogP contribution in [0.1, 0.15) is 23.6 Å². The molecule has 27 heavy (non-hydrogen) atoms. The topological polar surface area (TPSA) is 58.6 Å². The van der Waals surface area contributed by atoms with E-state index >= 15 is 0 Å². The van der Waals surface area contributed by atoms with Crippen LogP contribution in [0.25, 0.3) is 0 Å². The van der Waals surface area contributed by atoms with Crippen LogP contribution in [0.15, 0.2) is 53.1 Å². The Labute approximate surface area is 171 Å². The number of hydrogen-bond acceptors (Lipinski definition) is 3. The Balaban J connectivity index is 1.91. The molecule has 1 atom stereocenters. The molecular formula is C20H18BrClN2O3. The molecule has 1 aliphatic rings. The number of amides is 2. The predicted octanol–water partition coefficient (Wildman–Crippen LogP) is 5.48. The fraction of sp³-hybridized carbons (Fsp3) is 0.200. The van der Waals surface area contributed by atoms with Crippen molar-refractivity contribution in [1.29, 1.82) is 0 Å². The number of ketones is 1. The summed E-state index contributed by atoms with van der Waals surface area (Å²) in [4.78, 5) is 26.4. The summed E-state index contributed by atoms with van der Waals surface area (Å²) in [5.41, 5.74) is 2.25. The van der Waals surface area contributed by atoms with Crippen molar-refractivity contribution in [3.8, 4) is 5.75 Å². The molecule has 140 valence electrons. The van der Waals surface area contributed by atoms with Crippen molar-refractivity contribution >= 4 is 45.0 Å². The van der Waals surface area contributed by atoms with Crippen LogP contribution in [-0.4, -0.2) is 23.8 Å². The first-order chi connectivity index (χ1) is 12.9. The lowest BCUT2D eigenvalue weighted by Crippen LogP contribution is -2.37. The summed E-state index contributed by atoms with van der Waals surface area (Å²) in [6, 6.07) is 10.0. The molecule has 0 saturated carbocycles. The van der Waals surface area contributed by atoms with Crippen LogP contribution in [0.2, 0.25) is 5.02 Å². The van der Waals surface area contributed by atoms with Gasteiger partial charge in [0, 0.05) is 28.2 Å². The van der Waals surface area contributed by atoms with Gasteiger partial charge in [-0.1, -0.05) is 29.8 Å². The fourth-order valence-corrected chi connectivity index (χ4v) is 3.81. The number of benzene rings is 2. The Morgan fingerprint density at radius 3 is 2.78 bits per heavy atom. The van der Waals surface area contributed by atoms with Gasteiger partial charge in [-0.05, 0) is 52.2 Å². The summed E-state index contributed by atoms with van der Waals surface area (Å²) < 4.78 is 6.06. The summed E-state index contributed by atoms with van der Waals surface area (Å²) in [5, 5.41) is 3.39. The maximum absolute atomic E-state index is 13.0. The zero-order chi connectivity index (χ0) is 19.6. The zero-order valence-corrected chi connectivity index (χ0v) is 17.2. The molecule has 3 rings (SSSR count). The van der Waals surface area contributed by atoms with Gasteiger partial charge in [0.05, 0.1) is 18.8 Å². The van der Waals surface area contributed by atoms with E-state index in [4.69, 9.17) is 16.3 Å². The normalized spacial score (nSPS) is 16.4. The minimum absolute atomic E-state index is 0.0536. The number of urea groups is 1. The molecular weight excluding hydrogens is 432 g/mol. The van der Waals surface area contributed by atoms with Gasteiger partial charge in [0.25, 0.3) is 0 Å². The Kier molecular flexibility index (Phi) is 5.87. The molecule has 0 radical (unpaired) electrons. The molecule has 1 unspecified atom stereocenters. The molecule has 2 aromatic carbocycles. The van der Waals surface area contributed by atoms with Gasteiger partial charge in [-0.15, -0.1) is 0 Å². The molecule has 1 aliphatic heterocycles. The van der Waals surface area contributed by atoms with Crippen LogP contribution in [0.4, 0.5) is 10.5 Å². The molecule has 2 aromatic rings. The third-order valence-corrected chi connectivity index (χ3v) is 5.38. The lowest BCUT2D eigenvalue weighted by Gasteiger charge is -2.32. The number of ether oxygens (including phenoxy) is 1. The number of nitrogens with one attached hydrogen (secondary N) is 1. The molecule has 1 N–H and O–H groups in total. The number of aryl methyl sites for hydroxylation is 1. The van der Waals surface area contributed by atoms with Crippen LogP contribution in [0.3, 0.4) is 0 Å². The van der Waals surface area contributed by atoms with E-state index in [-0.39, 0.29) is 18.2 Å². The van der Waals surface area contributed by atoms with Gasteiger partial charge < -0.3 is 10.1 Å². The molecule has 0 aliphatic carbocycles. The maximum Gasteiger partial charge on any atom is 0.326 e. The van der Waals surface area contributed by atoms with Crippen LogP contribution in [-0.2, 0) is 4.79 Å². The fourth-order valence-electron chi connectivity index (χ4n) is 2.99. The number of carbonyl (C=O) groups excluding carboxylic acids is 2. The smallest absolute Gasteiger partial charge is 0.326 e. The van der Waals surface area contributed by atoms with Crippen molar-refractivity contribution in [2.75, 3.05) is 12.4 Å². The molecule has 0 aromatic heterocycles. The molecule has 0 fully saturated rings. The largest absolute Gasteiger partial charge is 0.496 e. The number of anilines is 1. The molecule has 7 heteroatoms. The summed E-state index contributed by atoms with van der Waals surface area (Å²) in [5.74, 6) is 0.614. The van der Waals surface area contributed by atoms with E-state index in [2.05, 4.69) is 21.2 Å². The molecule has 2 amide bonds. The Morgan fingerprint density at radius 2 is 2.07 bits per heavy atom. The van der Waals surface area contributed by atoms with Gasteiger partial charge in [0.1, 0.15) is 5.75 Å². The zero-order valence-electron chi connectivity index (χ0n) is 14.8. The van der Waals surface area contributed by atoms with Crippen LogP contribution >= 0.6 is 27.5 Å². The first-order valence-corrected chi connectivity index (χ1v) is 9.46. The van der Waals surface area contributed by atoms with E-state index in [1.54, 1.807) is 19.2 Å². The minimum Gasteiger partial charge on any atom is -0.496 e. The number of halogens is 2. The van der Waals surface area contributed by atoms with Crippen molar-refractivity contribution < 1.29 is 14.3 Å². The van der Waals surface area contributed by atoms with Gasteiger partial charge in [-0.25, -0.2) is 4.79 Å². The first-order valence-electron chi connectivity index (χ1n) is 8.29. The monoisotopic (exact) mass is 448 g/mol. The van der Waals surface area contributed by atoms with Crippen molar-refractivity contribution in [3.63, 3.8) is 0 Å². The molecule has 5 nitrogen and oxygen atoms in total. The van der Waals surface area contributed by atoms with E-state index in [1.165, 1.54) is 17.2 Å². The second-order valence-electron chi connectivity index (χ2n) is 6.16. The van der Waals surface area contributed by atoms with Crippen molar-refractivity contribution in [1.82, 2.24) is 4.90 Å². The highest BCUT2D eigenvalue weighted by Gasteiger charge is 2.30. The van der Waals surface area contributed by atoms with E-state index in [9.17, 15) is 9.59 Å². The highest BCUT2D eigenvalue weighted by Crippen LogP contribution is 2.35. The van der Waals surface area contributed by atoms with Gasteiger partial charge in [0.2, 0.25) is 0 Å². The Bertz CT molecular complexity index is 929. The van der Waals surface area contributed by atoms with E-state index in [0.717, 1.165) is 15.6 Å². The predicted molar refractivity (Wildman–Crippen MR) is 109 cm³/mol. The standard InChI is InChI=1S/C20H18BrClN2O3/c1-12-9-15(21)17(11-19(12)27-2)23-20(26)24-8-7-13(25)10-18(24)14-5-3-4-6-16(14)22/h3-9,11,18H,10H2,1-2H3,(H,23,26). The van der Waals surface area contributed by atoms with E-state index < -0.39 is 6.04 Å². The Hall–Kier alpha value is -2.31. The number of carbonyl (C=O) groups is 2. The second kappa shape index (κ2) is 8.15. The van der Waals surface area contributed by atoms with Crippen LogP contribution in [0, 0.1) is 6.92 Å². The summed E-state index contributed by atoms with van der Waals surface area (Å²) >= 11 is 9.76. The van der Waals surface area contributed by atoms with Crippen LogP contribution in [0.5, 0.6) is 5.75 Å². The van der Waals surface area contributed by atoms with Crippen molar-refractivity contribution in [2.45, 2.75) is 19.4 Å². The molecule has 0 spiro atoms. The van der Waals surface area contributed by atoms with Gasteiger partial charge >= 0.3 is 6.03 Å². The molecule has 1 heterocycles. The van der Waals surface area contributed by atoms with E-state index in [1.807, 2.05) is 31.2 Å². The van der Waals surface area contributed by atoms with E-state index in [0.29, 0.717) is 16.5 Å². The van der Waals surface area contributed by atoms with Gasteiger partial charge in [-0.2, -0.15) is 0 Å². The number of hydrogen-bond donors (Lipinski definition) is 1. The number of rotatable bonds is 3. The van der Waals surface area contributed by atoms with Gasteiger partial charge in [0.15, 0.2) is 5.78 Å². The third-order valence-electron chi connectivity index (χ3n) is 4.38. The third kappa shape index (κ3) is 4.17. The minimum atomic E-state index is -0.470. The van der Waals surface area contributed by atoms with Crippen LogP contribution < -0.4 is 10.1 Å². The number of nitrogens with zero attached hydrogens (tertiary/aromatic N) is 1. The highest BCUT2D eigenvalue weighted by atomic mass is 79.9. The summed E-state index contributed by atoms with van der Waals surface area (Å²) in [6.07, 6.45) is 3.07. The average molecular weight is 450 g/mol. The maximum atomic E-state index is 13.0. The molecule has 0 bridgehead atoms. The SMILES string of the molecule is COc1cc(NC(=O)N2C=CC(=O)CC2c2ccccc2Cl)c(Br)cc1C. The average Bonchev–Trinajstić information content (AvgIpc) is 2.64. The molecule has 0 saturated heterocycles. The quantitative estimate of drug-likeness (QED) is 0.675. The highest BCUT2D eigenvalue weighted by molar-refractivity contribution is 9.10. The Morgan fingerprint density at radius 1 is 1.33 bits per heavy atom. The number of allylic oxidation sites excluding steroid dienone is 1. The first kappa shape index (κ1) is 19.5. The van der Waals surface area contributed by atoms with Crippen molar-refractivity contribution in [3.05, 3.63) is 69.3 Å². The summed E-state index contributed by atoms with van der Waals surface area (Å²) in [6.45, 7) is 1.92. The number of methoxy groups -OCH3 is 1. The summed E-state index contributed by atoms with van der Waals surface area (Å²) in [7, 11) is 1.58.